The van der Waals surface area contributed by atoms with Crippen LogP contribution in [0.2, 0.25) is 0 Å². The van der Waals surface area contributed by atoms with Gasteiger partial charge in [-0.3, -0.25) is 10.2 Å². The quantitative estimate of drug-likeness (QED) is 0.266. The highest BCUT2D eigenvalue weighted by Gasteiger charge is 2.28. The molecule has 1 heterocycles. The van der Waals surface area contributed by atoms with Crippen LogP contribution < -0.4 is 10.9 Å². The number of anilines is 1. The van der Waals surface area contributed by atoms with E-state index in [1.54, 1.807) is 12.3 Å². The number of carbonyl (C=O) groups is 1. The smallest absolute Gasteiger partial charge is 0.466 e. The van der Waals surface area contributed by atoms with Crippen LogP contribution in [0.4, 0.5) is 22.5 Å². The van der Waals surface area contributed by atoms with Gasteiger partial charge in [-0.05, 0) is 24.6 Å². The van der Waals surface area contributed by atoms with Gasteiger partial charge in [-0.25, -0.2) is 9.37 Å². The molecule has 0 aliphatic carbocycles. The van der Waals surface area contributed by atoms with E-state index < -0.39 is 24.2 Å². The molecule has 0 amide bonds. The summed E-state index contributed by atoms with van der Waals surface area (Å²) < 4.78 is 56.7. The zero-order valence-corrected chi connectivity index (χ0v) is 13.8. The molecule has 134 valence electrons. The first-order chi connectivity index (χ1) is 11.8. The molecule has 1 aromatic heterocycles. The molecule has 0 bridgehead atoms. The molecule has 2 rings (SSSR count). The van der Waals surface area contributed by atoms with Crippen LogP contribution in [-0.2, 0) is 16.0 Å². The number of ether oxygens (including phenoxy) is 1. The fraction of sp³-hybridized carbons (Fsp3) is 0.214. The van der Waals surface area contributed by atoms with Crippen LogP contribution >= 0.6 is 11.3 Å². The van der Waals surface area contributed by atoms with Gasteiger partial charge in [0.1, 0.15) is 5.82 Å². The first kappa shape index (κ1) is 18.9. The predicted molar refractivity (Wildman–Crippen MR) is 88.8 cm³/mol. The highest BCUT2D eigenvalue weighted by Crippen LogP contribution is 2.16. The lowest BCUT2D eigenvalue weighted by molar-refractivity contribution is -0.142. The Bertz CT molecular complexity index is 780. The molecule has 11 heteroatoms. The number of nitrogens with one attached hydrogen (secondary N) is 1. The van der Waals surface area contributed by atoms with Crippen LogP contribution in [0.1, 0.15) is 18.2 Å². The molecule has 1 aromatic carbocycles. The largest absolute Gasteiger partial charge is 0.510 e. The lowest BCUT2D eigenvalue weighted by Crippen LogP contribution is -2.37. The number of aromatic nitrogens is 1. The number of hydrogen-bond acceptors (Lipinski definition) is 6. The van der Waals surface area contributed by atoms with Crippen LogP contribution in [0, 0.1) is 5.82 Å². The standard InChI is InChI=1S/C14H13BF4N3O2S/c1-2-24-13(23)6-11-8-25-14(21-11)22-20-7-9-5-10(16)3-4-12(9)15(17,18)19/h3-5,7-8H,2,6H2,1H3,(H,21,22)/q-1. The Labute approximate surface area is 144 Å². The Kier molecular flexibility index (Phi) is 6.13. The number of nitrogens with zero attached hydrogens (tertiary/aromatic N) is 2. The number of thiazole rings is 1. The number of carbonyl (C=O) groups excluding carboxylic acids is 1. The molecule has 0 saturated heterocycles. The normalized spacial score (nSPS) is 11.7. The van der Waals surface area contributed by atoms with Gasteiger partial charge in [0.15, 0.2) is 0 Å². The average molecular weight is 374 g/mol. The molecule has 0 saturated carbocycles. The van der Waals surface area contributed by atoms with Gasteiger partial charge in [-0.15, -0.1) is 11.3 Å². The molecule has 0 fully saturated rings. The van der Waals surface area contributed by atoms with E-state index in [2.05, 4.69) is 15.5 Å². The van der Waals surface area contributed by atoms with Gasteiger partial charge >= 0.3 is 12.9 Å². The highest BCUT2D eigenvalue weighted by molar-refractivity contribution is 7.13. The molecule has 2 aromatic rings. The highest BCUT2D eigenvalue weighted by atomic mass is 32.1. The molecule has 0 atom stereocenters. The van der Waals surface area contributed by atoms with Crippen LogP contribution in [0.15, 0.2) is 28.7 Å². The molecule has 0 aliphatic heterocycles. The van der Waals surface area contributed by atoms with Gasteiger partial charge < -0.3 is 17.7 Å². The number of esters is 1. The average Bonchev–Trinajstić information content (AvgIpc) is 2.93. The molecule has 1 N–H and O–H groups in total. The minimum absolute atomic E-state index is 0.0135. The van der Waals surface area contributed by atoms with Crippen molar-refractivity contribution >= 4 is 41.1 Å². The third kappa shape index (κ3) is 5.56. The molecule has 0 spiro atoms. The second-order valence-corrected chi connectivity index (χ2v) is 5.70. The molecular weight excluding hydrogens is 361 g/mol. The van der Waals surface area contributed by atoms with Crippen molar-refractivity contribution in [2.24, 2.45) is 5.10 Å². The fourth-order valence-corrected chi connectivity index (χ4v) is 2.57. The summed E-state index contributed by atoms with van der Waals surface area (Å²) in [5, 5.41) is 5.54. The molecule has 0 unspecified atom stereocenters. The maximum absolute atomic E-state index is 13.2. The predicted octanol–water partition coefficient (Wildman–Crippen LogP) is 2.89. The summed E-state index contributed by atoms with van der Waals surface area (Å²) >= 11 is 1.12. The molecule has 5 nitrogen and oxygen atoms in total. The Morgan fingerprint density at radius 2 is 2.20 bits per heavy atom. The Hall–Kier alpha value is -2.43. The van der Waals surface area contributed by atoms with Crippen LogP contribution in [0.5, 0.6) is 0 Å². The monoisotopic (exact) mass is 374 g/mol. The number of hydrogen-bond donors (Lipinski definition) is 1. The van der Waals surface area contributed by atoms with Crippen LogP contribution in [0.25, 0.3) is 0 Å². The van der Waals surface area contributed by atoms with E-state index in [1.807, 2.05) is 0 Å². The fourth-order valence-electron chi connectivity index (χ4n) is 1.91. The number of hydrazone groups is 1. The first-order valence-corrected chi connectivity index (χ1v) is 8.06. The van der Waals surface area contributed by atoms with E-state index in [-0.39, 0.29) is 23.7 Å². The maximum atomic E-state index is 13.2. The molecule has 0 radical (unpaired) electrons. The summed E-state index contributed by atoms with van der Waals surface area (Å²) in [5.74, 6) is -1.23. The maximum Gasteiger partial charge on any atom is 0.510 e. The van der Waals surface area contributed by atoms with Crippen LogP contribution in [-0.4, -0.2) is 30.8 Å². The minimum atomic E-state index is -5.29. The van der Waals surface area contributed by atoms with Gasteiger partial charge in [0.25, 0.3) is 0 Å². The first-order valence-electron chi connectivity index (χ1n) is 7.18. The molecular formula is C14H13BF4N3O2S-. The third-order valence-electron chi connectivity index (χ3n) is 2.95. The van der Waals surface area contributed by atoms with Crippen molar-refractivity contribution in [3.8, 4) is 0 Å². The molecule has 0 aliphatic rings. The topological polar surface area (TPSA) is 63.6 Å². The van der Waals surface area contributed by atoms with Gasteiger partial charge in [-0.1, -0.05) is 11.5 Å². The summed E-state index contributed by atoms with van der Waals surface area (Å²) in [7, 11) is 0. The lowest BCUT2D eigenvalue weighted by Gasteiger charge is -2.17. The van der Waals surface area contributed by atoms with Crippen molar-refractivity contribution in [1.29, 1.82) is 0 Å². The summed E-state index contributed by atoms with van der Waals surface area (Å²) in [5.41, 5.74) is 1.59. The Morgan fingerprint density at radius 3 is 2.88 bits per heavy atom. The lowest BCUT2D eigenvalue weighted by atomic mass is 9.77. The van der Waals surface area contributed by atoms with Crippen molar-refractivity contribution in [1.82, 2.24) is 4.98 Å². The van der Waals surface area contributed by atoms with Crippen molar-refractivity contribution in [3.63, 3.8) is 0 Å². The number of halogens is 4. The number of rotatable bonds is 7. The SMILES string of the molecule is CCOC(=O)Cc1csc(NN=Cc2cc(F)ccc2[B-](F)(F)F)n1. The van der Waals surface area contributed by atoms with Crippen molar-refractivity contribution in [3.05, 3.63) is 40.7 Å². The summed E-state index contributed by atoms with van der Waals surface area (Å²) in [4.78, 5) is 15.4. The van der Waals surface area contributed by atoms with E-state index in [4.69, 9.17) is 4.74 Å². The van der Waals surface area contributed by atoms with Crippen molar-refractivity contribution in [2.45, 2.75) is 13.3 Å². The minimum Gasteiger partial charge on any atom is -0.466 e. The zero-order valence-electron chi connectivity index (χ0n) is 13.0. The summed E-state index contributed by atoms with van der Waals surface area (Å²) in [6, 6.07) is 2.18. The second-order valence-electron chi connectivity index (χ2n) is 4.84. The van der Waals surface area contributed by atoms with Crippen LogP contribution in [0.3, 0.4) is 0 Å². The molecule has 25 heavy (non-hydrogen) atoms. The van der Waals surface area contributed by atoms with Gasteiger partial charge in [0.2, 0.25) is 5.13 Å². The van der Waals surface area contributed by atoms with Crippen molar-refractivity contribution < 1.29 is 26.9 Å². The van der Waals surface area contributed by atoms with Gasteiger partial charge in [0.05, 0.1) is 24.9 Å². The summed E-state index contributed by atoms with van der Waals surface area (Å²) in [6.45, 7) is -3.35. The zero-order chi connectivity index (χ0) is 18.4. The second kappa shape index (κ2) is 8.10. The van der Waals surface area contributed by atoms with E-state index >= 15 is 0 Å². The van der Waals surface area contributed by atoms with E-state index in [0.29, 0.717) is 11.8 Å². The number of benzene rings is 1. The van der Waals surface area contributed by atoms with Gasteiger partial charge in [-0.2, -0.15) is 5.10 Å². The summed E-state index contributed by atoms with van der Waals surface area (Å²) in [6.07, 6.45) is 0.862. The van der Waals surface area contributed by atoms with E-state index in [9.17, 15) is 22.1 Å². The third-order valence-corrected chi connectivity index (χ3v) is 3.74. The Balaban J connectivity index is 2.06. The van der Waals surface area contributed by atoms with Crippen molar-refractivity contribution in [2.75, 3.05) is 12.0 Å². The Morgan fingerprint density at radius 1 is 1.44 bits per heavy atom. The van der Waals surface area contributed by atoms with E-state index in [0.717, 1.165) is 29.7 Å². The van der Waals surface area contributed by atoms with Gasteiger partial charge in [0, 0.05) is 5.38 Å². The van der Waals surface area contributed by atoms with E-state index in [1.165, 1.54) is 0 Å².